The molecule has 1 atom stereocenters. The van der Waals surface area contributed by atoms with Gasteiger partial charge in [0.1, 0.15) is 11.2 Å². The van der Waals surface area contributed by atoms with E-state index in [-0.39, 0.29) is 45.0 Å². The summed E-state index contributed by atoms with van der Waals surface area (Å²) in [6.45, 7) is 11.3. The van der Waals surface area contributed by atoms with E-state index in [1.807, 2.05) is 0 Å². The average molecular weight is 627 g/mol. The Morgan fingerprint density at radius 1 is 0.884 bits per heavy atom. The maximum atomic E-state index is 13.6. The second-order valence-electron chi connectivity index (χ2n) is 13.1. The zero-order valence-corrected chi connectivity index (χ0v) is 25.2. The summed E-state index contributed by atoms with van der Waals surface area (Å²) in [7, 11) is 0. The molecule has 8 nitrogen and oxygen atoms in total. The minimum absolute atomic E-state index is 0.0666. The zero-order chi connectivity index (χ0) is 32.6. The van der Waals surface area contributed by atoms with Gasteiger partial charge in [-0.25, -0.2) is 4.79 Å². The number of hydrogen-bond donors (Lipinski definition) is 1. The van der Waals surface area contributed by atoms with Crippen LogP contribution in [0, 0.1) is 5.41 Å². The van der Waals surface area contributed by atoms with Crippen LogP contribution in [0.15, 0.2) is 24.3 Å². The van der Waals surface area contributed by atoms with Crippen LogP contribution in [0.1, 0.15) is 66.4 Å². The third kappa shape index (κ3) is 7.86. The van der Waals surface area contributed by atoms with Gasteiger partial charge in [0, 0.05) is 50.1 Å². The maximum absolute atomic E-state index is 13.6. The lowest BCUT2D eigenvalue weighted by molar-refractivity contribution is -0.376. The van der Waals surface area contributed by atoms with Crippen molar-refractivity contribution < 1.29 is 55.2 Å². The molecule has 43 heavy (non-hydrogen) atoms. The molecule has 0 aromatic heterocycles. The third-order valence-electron chi connectivity index (χ3n) is 7.48. The molecule has 2 aliphatic rings. The molecule has 1 amide bonds. The van der Waals surface area contributed by atoms with Crippen molar-refractivity contribution in [2.24, 2.45) is 5.41 Å². The van der Waals surface area contributed by atoms with E-state index in [0.29, 0.717) is 25.0 Å². The van der Waals surface area contributed by atoms with Crippen molar-refractivity contribution in [2.45, 2.75) is 96.0 Å². The predicted molar refractivity (Wildman–Crippen MR) is 144 cm³/mol. The Hall–Kier alpha value is -2.74. The lowest BCUT2D eigenvalue weighted by Gasteiger charge is -2.47. The fourth-order valence-corrected chi connectivity index (χ4v) is 5.34. The Kier molecular flexibility index (Phi) is 9.68. The largest absolute Gasteiger partial charge is 0.460 e. The number of carbonyl (C=O) groups is 2. The van der Waals surface area contributed by atoms with E-state index in [2.05, 4.69) is 0 Å². The van der Waals surface area contributed by atoms with Crippen LogP contribution in [0.5, 0.6) is 0 Å². The van der Waals surface area contributed by atoms with Crippen molar-refractivity contribution in [3.05, 3.63) is 29.8 Å². The first kappa shape index (κ1) is 34.7. The number of nitrogens with zero attached hydrogens (tertiary/aromatic N) is 2. The fraction of sp³-hybridized carbons (Fsp3) is 0.724. The molecule has 1 aromatic rings. The minimum atomic E-state index is -6.02. The van der Waals surface area contributed by atoms with Crippen LogP contribution < -0.4 is 4.90 Å². The van der Waals surface area contributed by atoms with E-state index in [1.54, 1.807) is 46.4 Å². The van der Waals surface area contributed by atoms with Gasteiger partial charge in [-0.3, -0.25) is 4.79 Å². The number of amides is 1. The number of ether oxygens (including phenoxy) is 3. The standard InChI is InChI=1S/C29H40F6N2O6/c1-24(2,3)42-22(38)26(11-15-41-16-12-26)17-21-18-36(23(39)43-25(4,5)6)13-14-37(21)20-9-7-19(8-10-20)27(40,28(30,31)32)29(33,34)35/h7-10,21,40H,11-18H2,1-6H3. The van der Waals surface area contributed by atoms with Gasteiger partial charge in [0.15, 0.2) is 0 Å². The predicted octanol–water partition coefficient (Wildman–Crippen LogP) is 5.95. The number of halogens is 6. The van der Waals surface area contributed by atoms with Gasteiger partial charge in [0.25, 0.3) is 5.60 Å². The van der Waals surface area contributed by atoms with Crippen molar-refractivity contribution in [1.29, 1.82) is 0 Å². The molecule has 244 valence electrons. The van der Waals surface area contributed by atoms with Crippen LogP contribution in [0.2, 0.25) is 0 Å². The maximum Gasteiger partial charge on any atom is 0.430 e. The van der Waals surface area contributed by atoms with Gasteiger partial charge < -0.3 is 29.1 Å². The van der Waals surface area contributed by atoms with Crippen molar-refractivity contribution >= 4 is 17.7 Å². The van der Waals surface area contributed by atoms with Gasteiger partial charge in [0.05, 0.1) is 5.41 Å². The first-order valence-corrected chi connectivity index (χ1v) is 14.0. The Labute approximate surface area is 247 Å². The van der Waals surface area contributed by atoms with Crippen molar-refractivity contribution in [2.75, 3.05) is 37.7 Å². The summed E-state index contributed by atoms with van der Waals surface area (Å²) in [6.07, 6.45) is -11.8. The Morgan fingerprint density at radius 3 is 1.86 bits per heavy atom. The van der Waals surface area contributed by atoms with E-state index in [4.69, 9.17) is 14.2 Å². The van der Waals surface area contributed by atoms with Crippen molar-refractivity contribution in [3.8, 4) is 0 Å². The highest BCUT2D eigenvalue weighted by Crippen LogP contribution is 2.50. The first-order valence-electron chi connectivity index (χ1n) is 14.0. The second-order valence-corrected chi connectivity index (χ2v) is 13.1. The number of benzene rings is 1. The number of rotatable bonds is 5. The number of alkyl halides is 6. The number of carbonyl (C=O) groups excluding carboxylic acids is 2. The molecule has 0 bridgehead atoms. The average Bonchev–Trinajstić information content (AvgIpc) is 2.85. The van der Waals surface area contributed by atoms with Crippen LogP contribution in [0.4, 0.5) is 36.8 Å². The minimum Gasteiger partial charge on any atom is -0.460 e. The van der Waals surface area contributed by atoms with E-state index in [0.717, 1.165) is 12.1 Å². The van der Waals surface area contributed by atoms with Gasteiger partial charge in [-0.05, 0) is 72.9 Å². The van der Waals surface area contributed by atoms with Crippen LogP contribution in [0.25, 0.3) is 0 Å². The highest BCUT2D eigenvalue weighted by Gasteiger charge is 2.71. The van der Waals surface area contributed by atoms with Gasteiger partial charge in [-0.1, -0.05) is 12.1 Å². The van der Waals surface area contributed by atoms with Crippen LogP contribution in [-0.4, -0.2) is 84.5 Å². The fourth-order valence-electron chi connectivity index (χ4n) is 5.34. The molecule has 0 spiro atoms. The summed E-state index contributed by atoms with van der Waals surface area (Å²) < 4.78 is 97.5. The Balaban J connectivity index is 2.01. The Bertz CT molecular complexity index is 1120. The smallest absolute Gasteiger partial charge is 0.430 e. The normalized spacial score (nSPS) is 20.5. The molecule has 2 aliphatic heterocycles. The van der Waals surface area contributed by atoms with Crippen LogP contribution >= 0.6 is 0 Å². The molecule has 1 unspecified atom stereocenters. The zero-order valence-electron chi connectivity index (χ0n) is 25.2. The highest BCUT2D eigenvalue weighted by molar-refractivity contribution is 5.78. The van der Waals surface area contributed by atoms with Crippen molar-refractivity contribution in [3.63, 3.8) is 0 Å². The number of piperazine rings is 1. The second kappa shape index (κ2) is 12.0. The summed E-state index contributed by atoms with van der Waals surface area (Å²) >= 11 is 0. The monoisotopic (exact) mass is 626 g/mol. The molecule has 1 N–H and O–H groups in total. The van der Waals surface area contributed by atoms with E-state index < -0.39 is 58.2 Å². The van der Waals surface area contributed by atoms with Crippen LogP contribution in [-0.2, 0) is 24.6 Å². The highest BCUT2D eigenvalue weighted by atomic mass is 19.4. The number of anilines is 1. The summed E-state index contributed by atoms with van der Waals surface area (Å²) in [5.74, 6) is -0.451. The lowest BCUT2D eigenvalue weighted by atomic mass is 9.74. The topological polar surface area (TPSA) is 88.5 Å². The molecule has 0 aliphatic carbocycles. The molecule has 14 heteroatoms. The molecular formula is C29H40F6N2O6. The van der Waals surface area contributed by atoms with Crippen LogP contribution in [0.3, 0.4) is 0 Å². The first-order chi connectivity index (χ1) is 19.5. The molecule has 2 saturated heterocycles. The van der Waals surface area contributed by atoms with Gasteiger partial charge in [-0.15, -0.1) is 0 Å². The summed E-state index contributed by atoms with van der Waals surface area (Å²) in [5, 5.41) is 9.82. The van der Waals surface area contributed by atoms with Gasteiger partial charge in [0.2, 0.25) is 0 Å². The number of hydrogen-bond acceptors (Lipinski definition) is 7. The summed E-state index contributed by atoms with van der Waals surface area (Å²) in [4.78, 5) is 29.7. The Morgan fingerprint density at radius 2 is 1.40 bits per heavy atom. The molecule has 2 fully saturated rings. The van der Waals surface area contributed by atoms with Crippen molar-refractivity contribution in [1.82, 2.24) is 4.90 Å². The molecular weight excluding hydrogens is 586 g/mol. The lowest BCUT2D eigenvalue weighted by Crippen LogP contribution is -2.58. The number of aliphatic hydroxyl groups is 1. The van der Waals surface area contributed by atoms with E-state index in [1.165, 1.54) is 4.90 Å². The molecule has 2 heterocycles. The third-order valence-corrected chi connectivity index (χ3v) is 7.48. The molecule has 0 saturated carbocycles. The van der Waals surface area contributed by atoms with Gasteiger partial charge in [-0.2, -0.15) is 26.3 Å². The van der Waals surface area contributed by atoms with E-state index >= 15 is 0 Å². The SMILES string of the molecule is CC(C)(C)OC(=O)N1CCN(c2ccc(C(O)(C(F)(F)F)C(F)(F)F)cc2)C(CC2(C(=O)OC(C)(C)C)CCOCC2)C1. The molecule has 0 radical (unpaired) electrons. The van der Waals surface area contributed by atoms with E-state index in [9.17, 15) is 41.0 Å². The quantitative estimate of drug-likeness (QED) is 0.319. The summed E-state index contributed by atoms with van der Waals surface area (Å²) in [6, 6.07) is 2.72. The molecule has 3 rings (SSSR count). The number of esters is 1. The summed E-state index contributed by atoms with van der Waals surface area (Å²) in [5.41, 5.74) is -8.77. The molecule has 1 aromatic carbocycles. The van der Waals surface area contributed by atoms with Gasteiger partial charge >= 0.3 is 24.4 Å².